The van der Waals surface area contributed by atoms with Crippen LogP contribution in [0.15, 0.2) is 36.8 Å². The van der Waals surface area contributed by atoms with Gasteiger partial charge in [-0.2, -0.15) is 0 Å². The molecule has 0 atom stereocenters. The fraction of sp³-hybridized carbons (Fsp3) is 0.444. The van der Waals surface area contributed by atoms with Crippen LogP contribution in [0.3, 0.4) is 0 Å². The smallest absolute Gasteiger partial charge is 0.273 e. The van der Waals surface area contributed by atoms with Crippen molar-refractivity contribution >= 4 is 11.6 Å². The minimum atomic E-state index is -0.166. The zero-order chi connectivity index (χ0) is 15.6. The first-order valence-corrected chi connectivity index (χ1v) is 8.18. The maximum Gasteiger partial charge on any atom is 0.273 e. The van der Waals surface area contributed by atoms with Crippen LogP contribution in [-0.2, 0) is 6.42 Å². The molecule has 118 valence electrons. The number of hydrogen-bond acceptors (Lipinski definition) is 2. The van der Waals surface area contributed by atoms with Gasteiger partial charge in [0.05, 0.1) is 12.5 Å². The second kappa shape index (κ2) is 9.03. The van der Waals surface area contributed by atoms with Crippen molar-refractivity contribution in [2.24, 2.45) is 0 Å². The highest BCUT2D eigenvalue weighted by Gasteiger charge is 2.06. The normalized spacial score (nSPS) is 10.6. The molecule has 0 saturated carbocycles. The Labute approximate surface area is 132 Å². The van der Waals surface area contributed by atoms with Crippen molar-refractivity contribution in [1.82, 2.24) is 9.97 Å². The maximum absolute atomic E-state index is 11.9. The van der Waals surface area contributed by atoms with Gasteiger partial charge in [-0.3, -0.25) is 4.79 Å². The SMILES string of the molecule is CCCCCCCCc1ccc(NC(=O)c2cnc[nH]2)cc1. The quantitative estimate of drug-likeness (QED) is 0.667. The lowest BCUT2D eigenvalue weighted by atomic mass is 10.0. The van der Waals surface area contributed by atoms with E-state index in [2.05, 4.69) is 34.3 Å². The molecule has 0 bridgehead atoms. The van der Waals surface area contributed by atoms with Gasteiger partial charge in [-0.05, 0) is 30.5 Å². The molecule has 0 saturated heterocycles. The fourth-order valence-corrected chi connectivity index (χ4v) is 2.44. The number of amides is 1. The van der Waals surface area contributed by atoms with E-state index in [1.54, 1.807) is 0 Å². The molecule has 0 aliphatic carbocycles. The number of benzene rings is 1. The number of aromatic amines is 1. The fourth-order valence-electron chi connectivity index (χ4n) is 2.44. The molecule has 0 aliphatic heterocycles. The molecule has 2 N–H and O–H groups in total. The molecule has 0 spiro atoms. The number of aromatic nitrogens is 2. The summed E-state index contributed by atoms with van der Waals surface area (Å²) >= 11 is 0. The van der Waals surface area contributed by atoms with E-state index in [4.69, 9.17) is 0 Å². The van der Waals surface area contributed by atoms with Crippen LogP contribution in [0.25, 0.3) is 0 Å². The number of anilines is 1. The zero-order valence-corrected chi connectivity index (χ0v) is 13.3. The Morgan fingerprint density at radius 3 is 2.50 bits per heavy atom. The Balaban J connectivity index is 1.72. The number of carbonyl (C=O) groups is 1. The van der Waals surface area contributed by atoms with Crippen molar-refractivity contribution in [3.05, 3.63) is 48.0 Å². The number of nitrogens with zero attached hydrogens (tertiary/aromatic N) is 1. The first-order valence-electron chi connectivity index (χ1n) is 8.18. The predicted molar refractivity (Wildman–Crippen MR) is 90.1 cm³/mol. The molecule has 1 aromatic carbocycles. The standard InChI is InChI=1S/C18H25N3O/c1-2-3-4-5-6-7-8-15-9-11-16(12-10-15)21-18(22)17-13-19-14-20-17/h9-14H,2-8H2,1H3,(H,19,20)(H,21,22). The van der Waals surface area contributed by atoms with E-state index in [0.29, 0.717) is 5.69 Å². The van der Waals surface area contributed by atoms with E-state index in [1.807, 2.05) is 12.1 Å². The molecule has 4 heteroatoms. The Hall–Kier alpha value is -2.10. The van der Waals surface area contributed by atoms with E-state index in [0.717, 1.165) is 12.1 Å². The largest absolute Gasteiger partial charge is 0.341 e. The van der Waals surface area contributed by atoms with Crippen molar-refractivity contribution in [3.8, 4) is 0 Å². The van der Waals surface area contributed by atoms with Crippen molar-refractivity contribution < 1.29 is 4.79 Å². The zero-order valence-electron chi connectivity index (χ0n) is 13.3. The van der Waals surface area contributed by atoms with Crippen molar-refractivity contribution in [2.75, 3.05) is 5.32 Å². The van der Waals surface area contributed by atoms with Gasteiger partial charge in [0, 0.05) is 5.69 Å². The number of H-pyrrole nitrogens is 1. The average Bonchev–Trinajstić information content (AvgIpc) is 3.07. The summed E-state index contributed by atoms with van der Waals surface area (Å²) in [6, 6.07) is 8.10. The molecule has 2 rings (SSSR count). The summed E-state index contributed by atoms with van der Waals surface area (Å²) in [7, 11) is 0. The van der Waals surface area contributed by atoms with Gasteiger partial charge in [-0.1, -0.05) is 51.2 Å². The molecule has 22 heavy (non-hydrogen) atoms. The van der Waals surface area contributed by atoms with Gasteiger partial charge in [0.1, 0.15) is 5.69 Å². The topological polar surface area (TPSA) is 57.8 Å². The Kier molecular flexibility index (Phi) is 6.68. The van der Waals surface area contributed by atoms with E-state index in [-0.39, 0.29) is 5.91 Å². The number of imidazole rings is 1. The summed E-state index contributed by atoms with van der Waals surface area (Å²) < 4.78 is 0. The lowest BCUT2D eigenvalue weighted by Gasteiger charge is -2.06. The van der Waals surface area contributed by atoms with Gasteiger partial charge in [-0.25, -0.2) is 4.98 Å². The molecule has 4 nitrogen and oxygen atoms in total. The average molecular weight is 299 g/mol. The van der Waals surface area contributed by atoms with Gasteiger partial charge in [0.2, 0.25) is 0 Å². The molecule has 0 fully saturated rings. The van der Waals surface area contributed by atoms with Crippen LogP contribution in [0.4, 0.5) is 5.69 Å². The third-order valence-corrected chi connectivity index (χ3v) is 3.77. The molecule has 2 aromatic rings. The van der Waals surface area contributed by atoms with Crippen molar-refractivity contribution in [1.29, 1.82) is 0 Å². The van der Waals surface area contributed by atoms with Crippen LogP contribution in [0.2, 0.25) is 0 Å². The number of rotatable bonds is 9. The highest BCUT2D eigenvalue weighted by molar-refractivity contribution is 6.02. The van der Waals surface area contributed by atoms with Gasteiger partial charge >= 0.3 is 0 Å². The molecule has 1 heterocycles. The van der Waals surface area contributed by atoms with Crippen LogP contribution < -0.4 is 5.32 Å². The van der Waals surface area contributed by atoms with Gasteiger partial charge in [0.25, 0.3) is 5.91 Å². The Morgan fingerprint density at radius 2 is 1.82 bits per heavy atom. The Morgan fingerprint density at radius 1 is 1.09 bits per heavy atom. The summed E-state index contributed by atoms with van der Waals surface area (Å²) in [6.07, 6.45) is 12.0. The van der Waals surface area contributed by atoms with Crippen molar-refractivity contribution in [2.45, 2.75) is 51.9 Å². The van der Waals surface area contributed by atoms with Gasteiger partial charge in [-0.15, -0.1) is 0 Å². The Bertz CT molecular complexity index is 546. The maximum atomic E-state index is 11.9. The van der Waals surface area contributed by atoms with Crippen LogP contribution in [0.1, 0.15) is 61.5 Å². The number of unbranched alkanes of at least 4 members (excludes halogenated alkanes) is 5. The second-order valence-electron chi connectivity index (χ2n) is 5.63. The molecular weight excluding hydrogens is 274 g/mol. The lowest BCUT2D eigenvalue weighted by molar-refractivity contribution is 0.102. The number of aryl methyl sites for hydroxylation is 1. The monoisotopic (exact) mass is 299 g/mol. The van der Waals surface area contributed by atoms with Crippen LogP contribution >= 0.6 is 0 Å². The minimum absolute atomic E-state index is 0.166. The van der Waals surface area contributed by atoms with Crippen LogP contribution in [0.5, 0.6) is 0 Å². The van der Waals surface area contributed by atoms with Gasteiger partial charge in [0.15, 0.2) is 0 Å². The van der Waals surface area contributed by atoms with E-state index < -0.39 is 0 Å². The number of hydrogen-bond donors (Lipinski definition) is 2. The second-order valence-corrected chi connectivity index (χ2v) is 5.63. The minimum Gasteiger partial charge on any atom is -0.341 e. The van der Waals surface area contributed by atoms with Gasteiger partial charge < -0.3 is 10.3 Å². The van der Waals surface area contributed by atoms with E-state index >= 15 is 0 Å². The van der Waals surface area contributed by atoms with Crippen LogP contribution in [0, 0.1) is 0 Å². The van der Waals surface area contributed by atoms with E-state index in [9.17, 15) is 4.79 Å². The predicted octanol–water partition coefficient (Wildman–Crippen LogP) is 4.57. The summed E-state index contributed by atoms with van der Waals surface area (Å²) in [5, 5.41) is 2.85. The highest BCUT2D eigenvalue weighted by atomic mass is 16.1. The molecule has 0 aliphatic rings. The molecular formula is C18H25N3O. The molecule has 1 amide bonds. The first kappa shape index (κ1) is 16.3. The molecule has 1 aromatic heterocycles. The summed E-state index contributed by atoms with van der Waals surface area (Å²) in [5.41, 5.74) is 2.61. The van der Waals surface area contributed by atoms with Crippen molar-refractivity contribution in [3.63, 3.8) is 0 Å². The summed E-state index contributed by atoms with van der Waals surface area (Å²) in [6.45, 7) is 2.24. The third-order valence-electron chi connectivity index (χ3n) is 3.77. The summed E-state index contributed by atoms with van der Waals surface area (Å²) in [4.78, 5) is 18.5. The molecule has 0 unspecified atom stereocenters. The van der Waals surface area contributed by atoms with Crippen LogP contribution in [-0.4, -0.2) is 15.9 Å². The van der Waals surface area contributed by atoms with E-state index in [1.165, 1.54) is 56.6 Å². The summed E-state index contributed by atoms with van der Waals surface area (Å²) in [5.74, 6) is -0.166. The third kappa shape index (κ3) is 5.35. The molecule has 0 radical (unpaired) electrons. The first-order chi connectivity index (χ1) is 10.8. The highest BCUT2D eigenvalue weighted by Crippen LogP contribution is 2.14. The number of nitrogens with one attached hydrogen (secondary N) is 2. The number of carbonyl (C=O) groups excluding carboxylic acids is 1. The lowest BCUT2D eigenvalue weighted by Crippen LogP contribution is -2.12.